The van der Waals surface area contributed by atoms with Crippen LogP contribution in [0, 0.1) is 0 Å². The third-order valence-electron chi connectivity index (χ3n) is 4.67. The van der Waals surface area contributed by atoms with Gasteiger partial charge in [0.1, 0.15) is 5.75 Å². The van der Waals surface area contributed by atoms with E-state index in [1.807, 2.05) is 34.9 Å². The first kappa shape index (κ1) is 14.8. The third kappa shape index (κ3) is 2.54. The zero-order valence-corrected chi connectivity index (χ0v) is 13.7. The summed E-state index contributed by atoms with van der Waals surface area (Å²) in [5.74, 6) is 0.822. The molecule has 0 saturated carbocycles. The molecule has 4 rings (SSSR count). The lowest BCUT2D eigenvalue weighted by Crippen LogP contribution is -2.28. The van der Waals surface area contributed by atoms with Gasteiger partial charge in [-0.2, -0.15) is 0 Å². The SMILES string of the molecule is COc1ccc(NCc2cc3cccc4c3n(c2=O)CCC4)cc1. The Morgan fingerprint density at radius 1 is 1.17 bits per heavy atom. The second-order valence-electron chi connectivity index (χ2n) is 6.17. The van der Waals surface area contributed by atoms with Crippen molar-refractivity contribution in [1.82, 2.24) is 4.57 Å². The number of rotatable bonds is 4. The number of benzene rings is 2. The average Bonchev–Trinajstić information content (AvgIpc) is 2.64. The van der Waals surface area contributed by atoms with Gasteiger partial charge in [-0.05, 0) is 54.1 Å². The van der Waals surface area contributed by atoms with E-state index < -0.39 is 0 Å². The molecule has 0 atom stereocenters. The Balaban J connectivity index is 1.67. The Morgan fingerprint density at radius 3 is 2.79 bits per heavy atom. The minimum Gasteiger partial charge on any atom is -0.497 e. The Kier molecular flexibility index (Phi) is 3.73. The van der Waals surface area contributed by atoms with Gasteiger partial charge >= 0.3 is 0 Å². The van der Waals surface area contributed by atoms with Gasteiger partial charge in [-0.3, -0.25) is 4.79 Å². The molecular weight excluding hydrogens is 300 g/mol. The van der Waals surface area contributed by atoms with Gasteiger partial charge in [0.2, 0.25) is 0 Å². The van der Waals surface area contributed by atoms with Gasteiger partial charge in [-0.25, -0.2) is 0 Å². The molecule has 3 aromatic rings. The minimum atomic E-state index is 0.121. The predicted octanol–water partition coefficient (Wildman–Crippen LogP) is 3.57. The highest BCUT2D eigenvalue weighted by Gasteiger charge is 2.15. The van der Waals surface area contributed by atoms with Crippen LogP contribution in [0.3, 0.4) is 0 Å². The van der Waals surface area contributed by atoms with Crippen molar-refractivity contribution in [2.24, 2.45) is 0 Å². The van der Waals surface area contributed by atoms with Crippen molar-refractivity contribution in [3.8, 4) is 5.75 Å². The van der Waals surface area contributed by atoms with E-state index in [4.69, 9.17) is 4.74 Å². The molecule has 0 spiro atoms. The van der Waals surface area contributed by atoms with Gasteiger partial charge < -0.3 is 14.6 Å². The topological polar surface area (TPSA) is 43.3 Å². The molecule has 0 fully saturated rings. The number of methoxy groups -OCH3 is 1. The van der Waals surface area contributed by atoms with E-state index in [-0.39, 0.29) is 5.56 Å². The highest BCUT2D eigenvalue weighted by atomic mass is 16.5. The highest BCUT2D eigenvalue weighted by Crippen LogP contribution is 2.24. The molecule has 122 valence electrons. The lowest BCUT2D eigenvalue weighted by molar-refractivity contribution is 0.415. The number of pyridine rings is 1. The van der Waals surface area contributed by atoms with E-state index in [1.165, 1.54) is 5.56 Å². The zero-order valence-electron chi connectivity index (χ0n) is 13.7. The summed E-state index contributed by atoms with van der Waals surface area (Å²) < 4.78 is 7.11. The van der Waals surface area contributed by atoms with Gasteiger partial charge in [-0.15, -0.1) is 0 Å². The summed E-state index contributed by atoms with van der Waals surface area (Å²) in [6.07, 6.45) is 2.08. The van der Waals surface area contributed by atoms with Crippen molar-refractivity contribution in [3.05, 3.63) is 70.0 Å². The Bertz CT molecular complexity index is 942. The Morgan fingerprint density at radius 2 is 2.00 bits per heavy atom. The Hall–Kier alpha value is -2.75. The van der Waals surface area contributed by atoms with Gasteiger partial charge in [0.15, 0.2) is 0 Å². The van der Waals surface area contributed by atoms with Crippen LogP contribution in [0.2, 0.25) is 0 Å². The summed E-state index contributed by atoms with van der Waals surface area (Å²) in [5.41, 5.74) is 4.29. The minimum absolute atomic E-state index is 0.121. The van der Waals surface area contributed by atoms with Crippen molar-refractivity contribution < 1.29 is 4.74 Å². The van der Waals surface area contributed by atoms with Crippen molar-refractivity contribution in [3.63, 3.8) is 0 Å². The molecule has 1 aromatic heterocycles. The number of aryl methyl sites for hydroxylation is 2. The predicted molar refractivity (Wildman–Crippen MR) is 96.8 cm³/mol. The van der Waals surface area contributed by atoms with Crippen LogP contribution in [0.15, 0.2) is 53.3 Å². The second kappa shape index (κ2) is 6.04. The molecule has 0 aliphatic carbocycles. The van der Waals surface area contributed by atoms with Crippen LogP contribution in [0.5, 0.6) is 5.75 Å². The number of para-hydroxylation sites is 1. The number of ether oxygens (including phenoxy) is 1. The first-order valence-corrected chi connectivity index (χ1v) is 8.28. The molecular formula is C20H20N2O2. The summed E-state index contributed by atoms with van der Waals surface area (Å²) >= 11 is 0. The monoisotopic (exact) mass is 320 g/mol. The van der Waals surface area contributed by atoms with Crippen LogP contribution in [-0.2, 0) is 19.5 Å². The maximum Gasteiger partial charge on any atom is 0.256 e. The quantitative estimate of drug-likeness (QED) is 0.799. The number of hydrogen-bond donors (Lipinski definition) is 1. The number of nitrogens with one attached hydrogen (secondary N) is 1. The second-order valence-corrected chi connectivity index (χ2v) is 6.17. The van der Waals surface area contributed by atoms with Gasteiger partial charge in [-0.1, -0.05) is 18.2 Å². The van der Waals surface area contributed by atoms with Crippen LogP contribution < -0.4 is 15.6 Å². The lowest BCUT2D eigenvalue weighted by atomic mass is 10.00. The molecule has 4 nitrogen and oxygen atoms in total. The van der Waals surface area contributed by atoms with E-state index in [1.54, 1.807) is 7.11 Å². The largest absolute Gasteiger partial charge is 0.497 e. The average molecular weight is 320 g/mol. The fourth-order valence-corrected chi connectivity index (χ4v) is 3.46. The highest BCUT2D eigenvalue weighted by molar-refractivity contribution is 5.83. The maximum atomic E-state index is 12.8. The summed E-state index contributed by atoms with van der Waals surface area (Å²) in [6.45, 7) is 1.33. The van der Waals surface area contributed by atoms with Crippen LogP contribution in [0.25, 0.3) is 10.9 Å². The van der Waals surface area contributed by atoms with E-state index in [2.05, 4.69) is 23.5 Å². The molecule has 0 saturated heterocycles. The van der Waals surface area contributed by atoms with Crippen molar-refractivity contribution >= 4 is 16.6 Å². The van der Waals surface area contributed by atoms with E-state index in [9.17, 15) is 4.79 Å². The van der Waals surface area contributed by atoms with Crippen LogP contribution in [-0.4, -0.2) is 11.7 Å². The first-order chi connectivity index (χ1) is 11.8. The van der Waals surface area contributed by atoms with Gasteiger partial charge in [0.05, 0.1) is 12.6 Å². The van der Waals surface area contributed by atoms with Crippen LogP contribution >= 0.6 is 0 Å². The Labute approximate surface area is 140 Å². The number of hydrogen-bond acceptors (Lipinski definition) is 3. The van der Waals surface area contributed by atoms with Crippen LogP contribution in [0.4, 0.5) is 5.69 Å². The molecule has 0 unspecified atom stereocenters. The van der Waals surface area contributed by atoms with Crippen molar-refractivity contribution in [2.45, 2.75) is 25.9 Å². The van der Waals surface area contributed by atoms with E-state index in [0.717, 1.165) is 47.3 Å². The number of anilines is 1. The van der Waals surface area contributed by atoms with E-state index in [0.29, 0.717) is 6.54 Å². The first-order valence-electron chi connectivity index (χ1n) is 8.28. The molecule has 4 heteroatoms. The molecule has 0 radical (unpaired) electrons. The standard InChI is InChI=1S/C20H20N2O2/c1-24-18-9-7-17(8-10-18)21-13-16-12-15-5-2-4-14-6-3-11-22(19(14)15)20(16)23/h2,4-5,7-10,12,21H,3,6,11,13H2,1H3. The molecule has 2 heterocycles. The zero-order chi connectivity index (χ0) is 16.5. The fraction of sp³-hybridized carbons (Fsp3) is 0.250. The molecule has 1 aliphatic rings. The molecule has 1 N–H and O–H groups in total. The normalized spacial score (nSPS) is 13.0. The number of nitrogens with zero attached hydrogens (tertiary/aromatic N) is 1. The summed E-state index contributed by atoms with van der Waals surface area (Å²) in [6, 6.07) is 16.1. The lowest BCUT2D eigenvalue weighted by Gasteiger charge is -2.20. The van der Waals surface area contributed by atoms with Crippen molar-refractivity contribution in [1.29, 1.82) is 0 Å². The molecule has 1 aliphatic heterocycles. The number of aromatic nitrogens is 1. The summed E-state index contributed by atoms with van der Waals surface area (Å²) in [5, 5.41) is 4.48. The fourth-order valence-electron chi connectivity index (χ4n) is 3.46. The molecule has 0 amide bonds. The van der Waals surface area contributed by atoms with E-state index >= 15 is 0 Å². The molecule has 24 heavy (non-hydrogen) atoms. The van der Waals surface area contributed by atoms with Crippen molar-refractivity contribution in [2.75, 3.05) is 12.4 Å². The summed E-state index contributed by atoms with van der Waals surface area (Å²) in [7, 11) is 1.65. The van der Waals surface area contributed by atoms with Gasteiger partial charge in [0.25, 0.3) is 5.56 Å². The van der Waals surface area contributed by atoms with Crippen LogP contribution in [0.1, 0.15) is 17.5 Å². The smallest absolute Gasteiger partial charge is 0.256 e. The van der Waals surface area contributed by atoms with Gasteiger partial charge in [0, 0.05) is 24.3 Å². The third-order valence-corrected chi connectivity index (χ3v) is 4.67. The summed E-state index contributed by atoms with van der Waals surface area (Å²) in [4.78, 5) is 12.8. The maximum absolute atomic E-state index is 12.8. The molecule has 0 bridgehead atoms. The molecule has 2 aromatic carbocycles.